The Morgan fingerprint density at radius 1 is 1.17 bits per heavy atom. The first-order chi connectivity index (χ1) is 8.25. The number of nitrogens with zero attached hydrogens (tertiary/aromatic N) is 1. The minimum atomic E-state index is -0.785. The van der Waals surface area contributed by atoms with Crippen LogP contribution in [0.3, 0.4) is 0 Å². The maximum Gasteiger partial charge on any atom is 0.320 e. The molecule has 0 aliphatic carbocycles. The molecule has 2 atom stereocenters. The Kier molecular flexibility index (Phi) is 4.52. The molecule has 1 aromatic rings. The Bertz CT molecular complexity index is 431. The van der Waals surface area contributed by atoms with Crippen LogP contribution in [0.2, 0.25) is 0 Å². The van der Waals surface area contributed by atoms with E-state index in [9.17, 15) is 4.79 Å². The number of aryl methyl sites for hydroxylation is 3. The lowest BCUT2D eigenvalue weighted by Crippen LogP contribution is -2.38. The number of carboxylic acid groups (broad SMARTS) is 1. The number of rotatable bonds is 4. The summed E-state index contributed by atoms with van der Waals surface area (Å²) < 4.78 is 0. The molecule has 0 fully saturated rings. The zero-order chi connectivity index (χ0) is 14.0. The molecule has 3 nitrogen and oxygen atoms in total. The predicted octanol–water partition coefficient (Wildman–Crippen LogP) is 3.08. The van der Waals surface area contributed by atoms with E-state index in [1.54, 1.807) is 6.92 Å². The largest absolute Gasteiger partial charge is 0.480 e. The molecule has 0 amide bonds. The fourth-order valence-corrected chi connectivity index (χ4v) is 2.56. The SMILES string of the molecule is Cc1cc(C)c(C(C)N(C)C(C)C(=O)O)c(C)c1. The Morgan fingerprint density at radius 3 is 2.00 bits per heavy atom. The summed E-state index contributed by atoms with van der Waals surface area (Å²) in [6.07, 6.45) is 0. The summed E-state index contributed by atoms with van der Waals surface area (Å²) in [6, 6.07) is 3.91. The molecule has 1 aromatic carbocycles. The Morgan fingerprint density at radius 2 is 1.61 bits per heavy atom. The Balaban J connectivity index is 3.11. The third-order valence-corrected chi connectivity index (χ3v) is 3.74. The van der Waals surface area contributed by atoms with Crippen molar-refractivity contribution < 1.29 is 9.90 Å². The number of carboxylic acids is 1. The fourth-order valence-electron chi connectivity index (χ4n) is 2.56. The first-order valence-electron chi connectivity index (χ1n) is 6.28. The van der Waals surface area contributed by atoms with E-state index in [0.29, 0.717) is 0 Å². The first kappa shape index (κ1) is 14.7. The van der Waals surface area contributed by atoms with Gasteiger partial charge in [-0.05, 0) is 58.4 Å². The van der Waals surface area contributed by atoms with Crippen LogP contribution in [-0.4, -0.2) is 29.1 Å². The number of benzene rings is 1. The van der Waals surface area contributed by atoms with Gasteiger partial charge in [0.15, 0.2) is 0 Å². The highest BCUT2D eigenvalue weighted by Gasteiger charge is 2.24. The highest BCUT2D eigenvalue weighted by molar-refractivity contribution is 5.72. The lowest BCUT2D eigenvalue weighted by atomic mass is 9.93. The van der Waals surface area contributed by atoms with Crippen LogP contribution in [0.25, 0.3) is 0 Å². The van der Waals surface area contributed by atoms with E-state index >= 15 is 0 Å². The van der Waals surface area contributed by atoms with Gasteiger partial charge in [0.25, 0.3) is 0 Å². The normalized spacial score (nSPS) is 14.6. The second kappa shape index (κ2) is 5.53. The molecule has 0 heterocycles. The van der Waals surface area contributed by atoms with Crippen molar-refractivity contribution in [3.8, 4) is 0 Å². The van der Waals surface area contributed by atoms with Crippen LogP contribution < -0.4 is 0 Å². The van der Waals surface area contributed by atoms with Crippen molar-refractivity contribution in [2.45, 2.75) is 46.7 Å². The van der Waals surface area contributed by atoms with Crippen LogP contribution in [0.1, 0.15) is 42.1 Å². The maximum atomic E-state index is 11.1. The van der Waals surface area contributed by atoms with E-state index in [0.717, 1.165) is 0 Å². The molecule has 0 aliphatic heterocycles. The van der Waals surface area contributed by atoms with Gasteiger partial charge >= 0.3 is 5.97 Å². The van der Waals surface area contributed by atoms with Gasteiger partial charge in [0.05, 0.1) is 0 Å². The van der Waals surface area contributed by atoms with Crippen LogP contribution in [0.5, 0.6) is 0 Å². The molecule has 0 spiro atoms. The summed E-state index contributed by atoms with van der Waals surface area (Å²) in [5, 5.41) is 9.09. The first-order valence-corrected chi connectivity index (χ1v) is 6.28. The molecule has 0 aromatic heterocycles. The lowest BCUT2D eigenvalue weighted by Gasteiger charge is -2.30. The van der Waals surface area contributed by atoms with Crippen LogP contribution >= 0.6 is 0 Å². The van der Waals surface area contributed by atoms with Crippen molar-refractivity contribution in [3.05, 3.63) is 34.4 Å². The third-order valence-electron chi connectivity index (χ3n) is 3.74. The summed E-state index contributed by atoms with van der Waals surface area (Å²) in [5.41, 5.74) is 4.93. The van der Waals surface area contributed by atoms with E-state index in [1.165, 1.54) is 22.3 Å². The summed E-state index contributed by atoms with van der Waals surface area (Å²) in [5.74, 6) is -0.785. The van der Waals surface area contributed by atoms with Gasteiger partial charge < -0.3 is 5.11 Å². The summed E-state index contributed by atoms with van der Waals surface area (Å²) in [4.78, 5) is 13.0. The van der Waals surface area contributed by atoms with Gasteiger partial charge in [-0.2, -0.15) is 0 Å². The minimum absolute atomic E-state index is 0.0942. The fraction of sp³-hybridized carbons (Fsp3) is 0.533. The van der Waals surface area contributed by atoms with E-state index in [-0.39, 0.29) is 6.04 Å². The van der Waals surface area contributed by atoms with Gasteiger partial charge in [0.2, 0.25) is 0 Å². The molecule has 0 bridgehead atoms. The molecule has 1 N–H and O–H groups in total. The molecule has 100 valence electrons. The van der Waals surface area contributed by atoms with Crippen molar-refractivity contribution >= 4 is 5.97 Å². The second-order valence-electron chi connectivity index (χ2n) is 5.17. The van der Waals surface area contributed by atoms with Crippen LogP contribution in [0.4, 0.5) is 0 Å². The predicted molar refractivity (Wildman–Crippen MR) is 73.9 cm³/mol. The molecule has 1 rings (SSSR count). The number of hydrogen-bond donors (Lipinski definition) is 1. The Labute approximate surface area is 109 Å². The summed E-state index contributed by atoms with van der Waals surface area (Å²) in [7, 11) is 1.86. The van der Waals surface area contributed by atoms with Crippen molar-refractivity contribution in [1.29, 1.82) is 0 Å². The number of likely N-dealkylation sites (N-methyl/N-ethyl adjacent to an activating group) is 1. The zero-order valence-corrected chi connectivity index (χ0v) is 12.1. The Hall–Kier alpha value is -1.35. The molecular formula is C15H23NO2. The van der Waals surface area contributed by atoms with E-state index < -0.39 is 12.0 Å². The van der Waals surface area contributed by atoms with Crippen molar-refractivity contribution in [3.63, 3.8) is 0 Å². The molecule has 18 heavy (non-hydrogen) atoms. The highest BCUT2D eigenvalue weighted by atomic mass is 16.4. The monoisotopic (exact) mass is 249 g/mol. The molecule has 3 heteroatoms. The van der Waals surface area contributed by atoms with Crippen LogP contribution in [-0.2, 0) is 4.79 Å². The van der Waals surface area contributed by atoms with Crippen LogP contribution in [0.15, 0.2) is 12.1 Å². The minimum Gasteiger partial charge on any atom is -0.480 e. The van der Waals surface area contributed by atoms with E-state index in [4.69, 9.17) is 5.11 Å². The van der Waals surface area contributed by atoms with Gasteiger partial charge in [-0.1, -0.05) is 17.7 Å². The van der Waals surface area contributed by atoms with Gasteiger partial charge in [-0.25, -0.2) is 0 Å². The average molecular weight is 249 g/mol. The second-order valence-corrected chi connectivity index (χ2v) is 5.17. The number of carbonyl (C=O) groups is 1. The van der Waals surface area contributed by atoms with E-state index in [1.807, 2.05) is 11.9 Å². The molecule has 0 aliphatic rings. The van der Waals surface area contributed by atoms with Crippen molar-refractivity contribution in [1.82, 2.24) is 4.90 Å². The summed E-state index contributed by atoms with van der Waals surface area (Å²) >= 11 is 0. The topological polar surface area (TPSA) is 40.5 Å². The smallest absolute Gasteiger partial charge is 0.320 e. The van der Waals surface area contributed by atoms with Gasteiger partial charge in [-0.3, -0.25) is 9.69 Å². The van der Waals surface area contributed by atoms with Gasteiger partial charge in [0.1, 0.15) is 6.04 Å². The quantitative estimate of drug-likeness (QED) is 0.891. The van der Waals surface area contributed by atoms with Crippen LogP contribution in [0, 0.1) is 20.8 Å². The number of aliphatic carboxylic acids is 1. The molecular weight excluding hydrogens is 226 g/mol. The standard InChI is InChI=1S/C15H23NO2/c1-9-7-10(2)14(11(3)8-9)12(4)16(6)13(5)15(17)18/h7-8,12-13H,1-6H3,(H,17,18). The van der Waals surface area contributed by atoms with Crippen molar-refractivity contribution in [2.75, 3.05) is 7.05 Å². The van der Waals surface area contributed by atoms with E-state index in [2.05, 4.69) is 39.8 Å². The van der Waals surface area contributed by atoms with Gasteiger partial charge in [-0.15, -0.1) is 0 Å². The molecule has 0 saturated carbocycles. The third kappa shape index (κ3) is 2.91. The maximum absolute atomic E-state index is 11.1. The molecule has 2 unspecified atom stereocenters. The molecule has 0 radical (unpaired) electrons. The van der Waals surface area contributed by atoms with Crippen molar-refractivity contribution in [2.24, 2.45) is 0 Å². The average Bonchev–Trinajstić information content (AvgIpc) is 2.25. The van der Waals surface area contributed by atoms with Gasteiger partial charge in [0, 0.05) is 6.04 Å². The molecule has 0 saturated heterocycles. The highest BCUT2D eigenvalue weighted by Crippen LogP contribution is 2.28. The zero-order valence-electron chi connectivity index (χ0n) is 12.1. The number of hydrogen-bond acceptors (Lipinski definition) is 2. The lowest BCUT2D eigenvalue weighted by molar-refractivity contribution is -0.142. The summed E-state index contributed by atoms with van der Waals surface area (Å²) in [6.45, 7) is 10.0.